The predicted octanol–water partition coefficient (Wildman–Crippen LogP) is 2.47. The van der Waals surface area contributed by atoms with Crippen LogP contribution < -0.4 is 10.6 Å². The van der Waals surface area contributed by atoms with Crippen LogP contribution in [0.3, 0.4) is 0 Å². The van der Waals surface area contributed by atoms with Gasteiger partial charge in [-0.1, -0.05) is 5.16 Å². The van der Waals surface area contributed by atoms with E-state index >= 15 is 0 Å². The topological polar surface area (TPSA) is 70.4 Å². The summed E-state index contributed by atoms with van der Waals surface area (Å²) in [5.74, 6) is 1.07. The van der Waals surface area contributed by atoms with Crippen LogP contribution in [-0.2, 0) is 0 Å². The first-order valence-corrected chi connectivity index (χ1v) is 7.17. The molecule has 0 radical (unpaired) electrons. The number of hydrogen-bond donors (Lipinski definition) is 2. The molecule has 0 saturated heterocycles. The van der Waals surface area contributed by atoms with Crippen molar-refractivity contribution in [3.8, 4) is 0 Å². The smallest absolute Gasteiger partial charge is 0.320 e. The van der Waals surface area contributed by atoms with Crippen molar-refractivity contribution in [1.29, 1.82) is 0 Å². The van der Waals surface area contributed by atoms with Crippen molar-refractivity contribution in [1.82, 2.24) is 15.4 Å². The van der Waals surface area contributed by atoms with Gasteiger partial charge in [0.1, 0.15) is 5.76 Å². The van der Waals surface area contributed by atoms with Gasteiger partial charge in [-0.2, -0.15) is 11.3 Å². The van der Waals surface area contributed by atoms with Crippen LogP contribution in [0, 0.1) is 6.92 Å². The van der Waals surface area contributed by atoms with Gasteiger partial charge in [-0.3, -0.25) is 5.32 Å². The normalized spacial score (nSPS) is 12.4. The molecule has 0 bridgehead atoms. The zero-order valence-corrected chi connectivity index (χ0v) is 12.5. The summed E-state index contributed by atoms with van der Waals surface area (Å²) in [5, 5.41) is 13.3. The molecule has 6 nitrogen and oxygen atoms in total. The van der Waals surface area contributed by atoms with Crippen LogP contribution >= 0.6 is 11.3 Å². The Labute approximate surface area is 121 Å². The summed E-state index contributed by atoms with van der Waals surface area (Å²) < 4.78 is 4.89. The Morgan fingerprint density at radius 2 is 2.35 bits per heavy atom. The Morgan fingerprint density at radius 1 is 1.55 bits per heavy atom. The van der Waals surface area contributed by atoms with Crippen molar-refractivity contribution in [3.63, 3.8) is 0 Å². The first-order valence-electron chi connectivity index (χ1n) is 6.23. The molecule has 0 aliphatic rings. The molecule has 1 atom stereocenters. The van der Waals surface area contributed by atoms with E-state index in [1.807, 2.05) is 19.5 Å². The van der Waals surface area contributed by atoms with Crippen LogP contribution in [0.4, 0.5) is 10.6 Å². The van der Waals surface area contributed by atoms with Crippen LogP contribution in [0.25, 0.3) is 0 Å². The quantitative estimate of drug-likeness (QED) is 0.888. The molecule has 0 aliphatic heterocycles. The van der Waals surface area contributed by atoms with E-state index in [1.165, 1.54) is 5.56 Å². The van der Waals surface area contributed by atoms with Crippen molar-refractivity contribution >= 4 is 23.2 Å². The van der Waals surface area contributed by atoms with Gasteiger partial charge in [0.15, 0.2) is 5.82 Å². The molecule has 20 heavy (non-hydrogen) atoms. The van der Waals surface area contributed by atoms with Gasteiger partial charge < -0.3 is 14.7 Å². The van der Waals surface area contributed by atoms with E-state index in [-0.39, 0.29) is 12.1 Å². The minimum Gasteiger partial charge on any atom is -0.360 e. The molecule has 7 heteroatoms. The van der Waals surface area contributed by atoms with Gasteiger partial charge in [-0.25, -0.2) is 4.79 Å². The second-order valence-corrected chi connectivity index (χ2v) is 5.47. The summed E-state index contributed by atoms with van der Waals surface area (Å²) in [6, 6.07) is 3.59. The van der Waals surface area contributed by atoms with Gasteiger partial charge in [-0.05, 0) is 43.4 Å². The van der Waals surface area contributed by atoms with Crippen LogP contribution in [0.15, 0.2) is 27.4 Å². The lowest BCUT2D eigenvalue weighted by atomic mass is 10.1. The zero-order chi connectivity index (χ0) is 14.5. The lowest BCUT2D eigenvalue weighted by Crippen LogP contribution is -2.36. The number of amides is 2. The number of nitrogens with zero attached hydrogens (tertiary/aromatic N) is 2. The number of nitrogens with one attached hydrogen (secondary N) is 2. The fourth-order valence-corrected chi connectivity index (χ4v) is 2.55. The van der Waals surface area contributed by atoms with Gasteiger partial charge >= 0.3 is 6.03 Å². The Morgan fingerprint density at radius 3 is 2.90 bits per heavy atom. The molecular weight excluding hydrogens is 276 g/mol. The van der Waals surface area contributed by atoms with E-state index in [2.05, 4.69) is 32.1 Å². The minimum absolute atomic E-state index is 0.144. The fraction of sp³-hybridized carbons (Fsp3) is 0.385. The highest BCUT2D eigenvalue weighted by atomic mass is 32.1. The molecule has 0 saturated carbocycles. The predicted molar refractivity (Wildman–Crippen MR) is 79.0 cm³/mol. The third-order valence-electron chi connectivity index (χ3n) is 2.88. The Balaban J connectivity index is 1.88. The highest BCUT2D eigenvalue weighted by Crippen LogP contribution is 2.19. The molecule has 2 aromatic rings. The van der Waals surface area contributed by atoms with Gasteiger partial charge in [0.25, 0.3) is 0 Å². The molecule has 108 valence electrons. The van der Waals surface area contributed by atoms with E-state index < -0.39 is 0 Å². The number of carbonyl (C=O) groups excluding carboxylic acids is 1. The van der Waals surface area contributed by atoms with Gasteiger partial charge in [0.2, 0.25) is 0 Å². The standard InChI is InChI=1S/C13H18N4O2S/c1-9-6-12(16-19-9)15-13(18)14-7-11(17(2)3)10-4-5-20-8-10/h4-6,8,11H,7H2,1-3H3,(H2,14,15,16,18)/t11-/m1/s1. The van der Waals surface area contributed by atoms with E-state index in [1.54, 1.807) is 24.3 Å². The second-order valence-electron chi connectivity index (χ2n) is 4.69. The van der Waals surface area contributed by atoms with E-state index in [4.69, 9.17) is 4.52 Å². The molecular formula is C13H18N4O2S. The van der Waals surface area contributed by atoms with Crippen LogP contribution in [-0.4, -0.2) is 36.7 Å². The van der Waals surface area contributed by atoms with Gasteiger partial charge in [0, 0.05) is 12.6 Å². The average molecular weight is 294 g/mol. The second kappa shape index (κ2) is 6.53. The van der Waals surface area contributed by atoms with Crippen molar-refractivity contribution in [2.24, 2.45) is 0 Å². The SMILES string of the molecule is Cc1cc(NC(=O)NC[C@H](c2ccsc2)N(C)C)no1. The number of hydrogen-bond acceptors (Lipinski definition) is 5. The van der Waals surface area contributed by atoms with Crippen molar-refractivity contribution in [3.05, 3.63) is 34.2 Å². The number of urea groups is 1. The monoisotopic (exact) mass is 294 g/mol. The molecule has 0 aliphatic carbocycles. The molecule has 2 N–H and O–H groups in total. The molecule has 0 unspecified atom stereocenters. The Bertz CT molecular complexity index is 550. The average Bonchev–Trinajstić information content (AvgIpc) is 3.01. The summed E-state index contributed by atoms with van der Waals surface area (Å²) in [4.78, 5) is 13.9. The number of aromatic nitrogens is 1. The highest BCUT2D eigenvalue weighted by molar-refractivity contribution is 7.07. The fourth-order valence-electron chi connectivity index (χ4n) is 1.84. The first kappa shape index (κ1) is 14.5. The van der Waals surface area contributed by atoms with Crippen LogP contribution in [0.1, 0.15) is 17.4 Å². The maximum atomic E-state index is 11.8. The molecule has 0 aromatic carbocycles. The summed E-state index contributed by atoms with van der Waals surface area (Å²) in [6.45, 7) is 2.29. The molecule has 2 amide bonds. The first-order chi connectivity index (χ1) is 9.56. The summed E-state index contributed by atoms with van der Waals surface area (Å²) in [6.07, 6.45) is 0. The highest BCUT2D eigenvalue weighted by Gasteiger charge is 2.16. The third-order valence-corrected chi connectivity index (χ3v) is 3.58. The third kappa shape index (κ3) is 3.82. The number of anilines is 1. The Kier molecular flexibility index (Phi) is 4.75. The minimum atomic E-state index is -0.291. The summed E-state index contributed by atoms with van der Waals surface area (Å²) in [7, 11) is 3.98. The maximum Gasteiger partial charge on any atom is 0.320 e. The maximum absolute atomic E-state index is 11.8. The van der Waals surface area contributed by atoms with Crippen molar-refractivity contribution < 1.29 is 9.32 Å². The molecule has 2 heterocycles. The van der Waals surface area contributed by atoms with Crippen molar-refractivity contribution in [2.45, 2.75) is 13.0 Å². The number of aryl methyl sites for hydroxylation is 1. The van der Waals surface area contributed by atoms with Gasteiger partial charge in [0.05, 0.1) is 6.04 Å². The lowest BCUT2D eigenvalue weighted by molar-refractivity contribution is 0.243. The van der Waals surface area contributed by atoms with E-state index in [9.17, 15) is 4.79 Å². The summed E-state index contributed by atoms with van der Waals surface area (Å²) in [5.41, 5.74) is 1.19. The van der Waals surface area contributed by atoms with E-state index in [0.717, 1.165) is 0 Å². The van der Waals surface area contributed by atoms with Gasteiger partial charge in [-0.15, -0.1) is 0 Å². The molecule has 0 fully saturated rings. The molecule has 0 spiro atoms. The van der Waals surface area contributed by atoms with E-state index in [0.29, 0.717) is 18.1 Å². The molecule has 2 rings (SSSR count). The summed E-state index contributed by atoms with van der Waals surface area (Å²) >= 11 is 1.65. The number of carbonyl (C=O) groups is 1. The largest absolute Gasteiger partial charge is 0.360 e. The number of likely N-dealkylation sites (N-methyl/N-ethyl adjacent to an activating group) is 1. The van der Waals surface area contributed by atoms with Crippen LogP contribution in [0.2, 0.25) is 0 Å². The van der Waals surface area contributed by atoms with Crippen LogP contribution in [0.5, 0.6) is 0 Å². The zero-order valence-electron chi connectivity index (χ0n) is 11.7. The lowest BCUT2D eigenvalue weighted by Gasteiger charge is -2.23. The number of rotatable bonds is 5. The van der Waals surface area contributed by atoms with Crippen molar-refractivity contribution in [2.75, 3.05) is 26.0 Å². The number of thiophene rings is 1. The molecule has 2 aromatic heterocycles. The Hall–Kier alpha value is -1.86.